The van der Waals surface area contributed by atoms with Crippen LogP contribution in [0.25, 0.3) is 0 Å². The Kier molecular flexibility index (Phi) is 3.85. The molecule has 1 aromatic carbocycles. The molecule has 0 radical (unpaired) electrons. The van der Waals surface area contributed by atoms with Gasteiger partial charge in [0.15, 0.2) is 0 Å². The lowest BCUT2D eigenvalue weighted by Crippen LogP contribution is -2.11. The minimum absolute atomic E-state index is 0.0557. The van der Waals surface area contributed by atoms with Gasteiger partial charge in [0.1, 0.15) is 11.6 Å². The molecule has 0 amide bonds. The standard InChI is InChI=1S/C14H18N4O/c1-9(11-6-4-5-7-12(11)15)16-13-8-14(19-3)18-10(2)17-13/h4-9H,15H2,1-3H3,(H,16,17,18). The zero-order chi connectivity index (χ0) is 13.8. The number of anilines is 2. The number of nitrogens with two attached hydrogens (primary N) is 1. The van der Waals surface area contributed by atoms with Crippen molar-refractivity contribution in [3.63, 3.8) is 0 Å². The van der Waals surface area contributed by atoms with Gasteiger partial charge < -0.3 is 15.8 Å². The van der Waals surface area contributed by atoms with Gasteiger partial charge in [-0.2, -0.15) is 4.98 Å². The zero-order valence-corrected chi connectivity index (χ0v) is 11.3. The van der Waals surface area contributed by atoms with Crippen LogP contribution in [0.2, 0.25) is 0 Å². The van der Waals surface area contributed by atoms with E-state index in [1.165, 1.54) is 0 Å². The van der Waals surface area contributed by atoms with Gasteiger partial charge in [-0.05, 0) is 25.5 Å². The Morgan fingerprint density at radius 3 is 2.68 bits per heavy atom. The molecule has 0 bridgehead atoms. The van der Waals surface area contributed by atoms with Crippen LogP contribution in [-0.4, -0.2) is 17.1 Å². The van der Waals surface area contributed by atoms with Crippen LogP contribution < -0.4 is 15.8 Å². The molecule has 0 aliphatic carbocycles. The second kappa shape index (κ2) is 5.56. The summed E-state index contributed by atoms with van der Waals surface area (Å²) in [5.41, 5.74) is 7.77. The van der Waals surface area contributed by atoms with Crippen molar-refractivity contribution in [3.8, 4) is 5.88 Å². The fourth-order valence-electron chi connectivity index (χ4n) is 1.92. The molecule has 5 heteroatoms. The SMILES string of the molecule is COc1cc(NC(C)c2ccccc2N)nc(C)n1. The molecule has 0 aliphatic rings. The molecule has 19 heavy (non-hydrogen) atoms. The van der Waals surface area contributed by atoms with Crippen molar-refractivity contribution in [1.29, 1.82) is 0 Å². The van der Waals surface area contributed by atoms with E-state index in [1.807, 2.05) is 38.1 Å². The highest BCUT2D eigenvalue weighted by molar-refractivity contribution is 5.51. The van der Waals surface area contributed by atoms with Crippen molar-refractivity contribution in [2.24, 2.45) is 0 Å². The number of hydrogen-bond donors (Lipinski definition) is 2. The summed E-state index contributed by atoms with van der Waals surface area (Å²) in [7, 11) is 1.59. The van der Waals surface area contributed by atoms with E-state index in [-0.39, 0.29) is 6.04 Å². The number of nitrogen functional groups attached to an aromatic ring is 1. The average Bonchev–Trinajstić information content (AvgIpc) is 2.38. The first kappa shape index (κ1) is 13.1. The van der Waals surface area contributed by atoms with E-state index >= 15 is 0 Å². The first-order valence-electron chi connectivity index (χ1n) is 6.10. The predicted octanol–water partition coefficient (Wildman–Crippen LogP) is 2.55. The molecule has 100 valence electrons. The first-order chi connectivity index (χ1) is 9.10. The molecule has 2 rings (SSSR count). The van der Waals surface area contributed by atoms with Crippen molar-refractivity contribution < 1.29 is 4.74 Å². The van der Waals surface area contributed by atoms with Crippen LogP contribution in [0.5, 0.6) is 5.88 Å². The fraction of sp³-hybridized carbons (Fsp3) is 0.286. The van der Waals surface area contributed by atoms with Crippen molar-refractivity contribution >= 4 is 11.5 Å². The number of methoxy groups -OCH3 is 1. The molecule has 0 saturated carbocycles. The van der Waals surface area contributed by atoms with Crippen LogP contribution >= 0.6 is 0 Å². The Bertz CT molecular complexity index is 571. The third kappa shape index (κ3) is 3.13. The topological polar surface area (TPSA) is 73.1 Å². The summed E-state index contributed by atoms with van der Waals surface area (Å²) in [4.78, 5) is 8.49. The van der Waals surface area contributed by atoms with Gasteiger partial charge in [-0.3, -0.25) is 0 Å². The monoisotopic (exact) mass is 258 g/mol. The quantitative estimate of drug-likeness (QED) is 0.824. The Labute approximate surface area is 112 Å². The molecule has 0 spiro atoms. The van der Waals surface area contributed by atoms with Gasteiger partial charge in [-0.15, -0.1) is 0 Å². The minimum Gasteiger partial charge on any atom is -0.481 e. The lowest BCUT2D eigenvalue weighted by atomic mass is 10.1. The number of benzene rings is 1. The van der Waals surface area contributed by atoms with Crippen molar-refractivity contribution in [2.75, 3.05) is 18.2 Å². The Hall–Kier alpha value is -2.30. The summed E-state index contributed by atoms with van der Waals surface area (Å²) in [6.07, 6.45) is 0. The zero-order valence-electron chi connectivity index (χ0n) is 11.3. The highest BCUT2D eigenvalue weighted by atomic mass is 16.5. The number of aromatic nitrogens is 2. The molecule has 0 saturated heterocycles. The number of aryl methyl sites for hydroxylation is 1. The third-order valence-corrected chi connectivity index (χ3v) is 2.85. The van der Waals surface area contributed by atoms with Crippen LogP contribution in [0.3, 0.4) is 0 Å². The Morgan fingerprint density at radius 2 is 2.00 bits per heavy atom. The lowest BCUT2D eigenvalue weighted by Gasteiger charge is -2.17. The molecular formula is C14H18N4O. The predicted molar refractivity (Wildman–Crippen MR) is 76.2 cm³/mol. The Balaban J connectivity index is 2.21. The molecule has 1 unspecified atom stereocenters. The maximum atomic E-state index is 5.96. The maximum absolute atomic E-state index is 5.96. The van der Waals surface area contributed by atoms with Gasteiger partial charge >= 0.3 is 0 Å². The highest BCUT2D eigenvalue weighted by Crippen LogP contribution is 2.24. The molecule has 5 nitrogen and oxygen atoms in total. The summed E-state index contributed by atoms with van der Waals surface area (Å²) in [6, 6.07) is 9.60. The molecule has 1 aromatic heterocycles. The van der Waals surface area contributed by atoms with Gasteiger partial charge in [-0.25, -0.2) is 4.98 Å². The summed E-state index contributed by atoms with van der Waals surface area (Å²) >= 11 is 0. The highest BCUT2D eigenvalue weighted by Gasteiger charge is 2.10. The van der Waals surface area contributed by atoms with E-state index in [0.29, 0.717) is 11.7 Å². The van der Waals surface area contributed by atoms with E-state index in [0.717, 1.165) is 17.1 Å². The van der Waals surface area contributed by atoms with Gasteiger partial charge in [0.05, 0.1) is 13.2 Å². The average molecular weight is 258 g/mol. The molecule has 1 atom stereocenters. The van der Waals surface area contributed by atoms with Crippen molar-refractivity contribution in [1.82, 2.24) is 9.97 Å². The molecule has 0 aliphatic heterocycles. The van der Waals surface area contributed by atoms with Crippen LogP contribution in [-0.2, 0) is 0 Å². The molecule has 2 aromatic rings. The summed E-state index contributed by atoms with van der Waals surface area (Å²) in [6.45, 7) is 3.87. The van der Waals surface area contributed by atoms with Gasteiger partial charge in [0.2, 0.25) is 5.88 Å². The smallest absolute Gasteiger partial charge is 0.218 e. The molecular weight excluding hydrogens is 240 g/mol. The molecule has 1 heterocycles. The normalized spacial score (nSPS) is 11.9. The number of rotatable bonds is 4. The number of nitrogens with zero attached hydrogens (tertiary/aromatic N) is 2. The van der Waals surface area contributed by atoms with Gasteiger partial charge in [0.25, 0.3) is 0 Å². The number of ether oxygens (including phenoxy) is 1. The lowest BCUT2D eigenvalue weighted by molar-refractivity contribution is 0.396. The summed E-state index contributed by atoms with van der Waals surface area (Å²) in [5, 5.41) is 3.30. The van der Waals surface area contributed by atoms with E-state index in [9.17, 15) is 0 Å². The minimum atomic E-state index is 0.0557. The van der Waals surface area contributed by atoms with E-state index in [2.05, 4.69) is 15.3 Å². The number of para-hydroxylation sites is 1. The second-order valence-electron chi connectivity index (χ2n) is 4.34. The van der Waals surface area contributed by atoms with Gasteiger partial charge in [0, 0.05) is 11.8 Å². The van der Waals surface area contributed by atoms with Crippen LogP contribution in [0.4, 0.5) is 11.5 Å². The van der Waals surface area contributed by atoms with Crippen molar-refractivity contribution in [3.05, 3.63) is 41.7 Å². The van der Waals surface area contributed by atoms with E-state index < -0.39 is 0 Å². The maximum Gasteiger partial charge on any atom is 0.218 e. The molecule has 0 fully saturated rings. The largest absolute Gasteiger partial charge is 0.481 e. The van der Waals surface area contributed by atoms with E-state index in [1.54, 1.807) is 13.2 Å². The van der Waals surface area contributed by atoms with Gasteiger partial charge in [-0.1, -0.05) is 18.2 Å². The summed E-state index contributed by atoms with van der Waals surface area (Å²) in [5.74, 6) is 1.93. The third-order valence-electron chi connectivity index (χ3n) is 2.85. The summed E-state index contributed by atoms with van der Waals surface area (Å²) < 4.78 is 5.13. The van der Waals surface area contributed by atoms with Crippen LogP contribution in [0.1, 0.15) is 24.4 Å². The molecule has 3 N–H and O–H groups in total. The number of nitrogens with one attached hydrogen (secondary N) is 1. The Morgan fingerprint density at radius 1 is 1.26 bits per heavy atom. The first-order valence-corrected chi connectivity index (χ1v) is 6.10. The van der Waals surface area contributed by atoms with Crippen LogP contribution in [0.15, 0.2) is 30.3 Å². The van der Waals surface area contributed by atoms with E-state index in [4.69, 9.17) is 10.5 Å². The second-order valence-corrected chi connectivity index (χ2v) is 4.34. The number of hydrogen-bond acceptors (Lipinski definition) is 5. The van der Waals surface area contributed by atoms with Crippen LogP contribution in [0, 0.1) is 6.92 Å². The van der Waals surface area contributed by atoms with Crippen molar-refractivity contribution in [2.45, 2.75) is 19.9 Å². The fourth-order valence-corrected chi connectivity index (χ4v) is 1.92.